The summed E-state index contributed by atoms with van der Waals surface area (Å²) in [6, 6.07) is 14.4. The van der Waals surface area contributed by atoms with Gasteiger partial charge in [-0.1, -0.05) is 60.5 Å². The highest BCUT2D eigenvalue weighted by Crippen LogP contribution is 2.32. The summed E-state index contributed by atoms with van der Waals surface area (Å²) in [5, 5.41) is 11.5. The van der Waals surface area contributed by atoms with Crippen LogP contribution < -0.4 is 5.69 Å². The molecule has 124 valence electrons. The van der Waals surface area contributed by atoms with Gasteiger partial charge in [0.1, 0.15) is 0 Å². The Balaban J connectivity index is 2.20. The van der Waals surface area contributed by atoms with Gasteiger partial charge in [0.05, 0.1) is 11.4 Å². The average molecular weight is 363 g/mol. The molecule has 0 radical (unpaired) electrons. The van der Waals surface area contributed by atoms with Crippen LogP contribution in [0.1, 0.15) is 24.1 Å². The summed E-state index contributed by atoms with van der Waals surface area (Å²) < 4.78 is 2.66. The van der Waals surface area contributed by atoms with Crippen molar-refractivity contribution < 1.29 is 5.11 Å². The van der Waals surface area contributed by atoms with Gasteiger partial charge in [-0.25, -0.2) is 9.36 Å². The lowest BCUT2D eigenvalue weighted by Crippen LogP contribution is -2.22. The van der Waals surface area contributed by atoms with Crippen LogP contribution in [0.25, 0.3) is 5.69 Å². The highest BCUT2D eigenvalue weighted by Gasteiger charge is 2.24. The van der Waals surface area contributed by atoms with E-state index in [0.29, 0.717) is 21.4 Å². The number of imidazole rings is 1. The standard InChI is InChI=1S/C18H16Cl2N2O2/c1-11(12-6-4-3-5-7-12)16-17(23)22(18(24)21(16)2)15-9-13(19)8-14(20)10-15/h3-11,23H,1-2H3/t11-/m0/s1. The van der Waals surface area contributed by atoms with Crippen LogP contribution in [0.3, 0.4) is 0 Å². The number of aromatic hydroxyl groups is 1. The molecular formula is C18H16Cl2N2O2. The van der Waals surface area contributed by atoms with Crippen LogP contribution in [0.5, 0.6) is 5.88 Å². The van der Waals surface area contributed by atoms with Crippen molar-refractivity contribution in [2.45, 2.75) is 12.8 Å². The molecule has 0 bridgehead atoms. The Labute approximate surface area is 149 Å². The summed E-state index contributed by atoms with van der Waals surface area (Å²) in [4.78, 5) is 12.6. The Bertz CT molecular complexity index is 925. The van der Waals surface area contributed by atoms with Crippen molar-refractivity contribution in [2.24, 2.45) is 7.05 Å². The normalized spacial score (nSPS) is 12.3. The zero-order valence-corrected chi connectivity index (χ0v) is 14.7. The maximum absolute atomic E-state index is 12.6. The maximum atomic E-state index is 12.6. The van der Waals surface area contributed by atoms with E-state index < -0.39 is 0 Å². The highest BCUT2D eigenvalue weighted by molar-refractivity contribution is 6.34. The number of halogens is 2. The second-order valence-corrected chi connectivity index (χ2v) is 6.52. The third kappa shape index (κ3) is 2.83. The molecule has 0 aliphatic heterocycles. The number of hydrogen-bond acceptors (Lipinski definition) is 2. The minimum absolute atomic E-state index is 0.114. The molecule has 4 nitrogen and oxygen atoms in total. The van der Waals surface area contributed by atoms with Gasteiger partial charge in [-0.05, 0) is 23.8 Å². The molecular weight excluding hydrogens is 347 g/mol. The summed E-state index contributed by atoms with van der Waals surface area (Å²) in [6.45, 7) is 1.94. The predicted octanol–water partition coefficient (Wildman–Crippen LogP) is 4.34. The minimum Gasteiger partial charge on any atom is -0.493 e. The summed E-state index contributed by atoms with van der Waals surface area (Å²) in [5.74, 6) is -0.267. The van der Waals surface area contributed by atoms with Crippen LogP contribution in [-0.4, -0.2) is 14.2 Å². The van der Waals surface area contributed by atoms with E-state index in [1.165, 1.54) is 9.13 Å². The molecule has 0 fully saturated rings. The third-order valence-corrected chi connectivity index (χ3v) is 4.53. The zero-order chi connectivity index (χ0) is 17.4. The number of aromatic nitrogens is 2. The molecule has 0 amide bonds. The van der Waals surface area contributed by atoms with E-state index in [2.05, 4.69) is 0 Å². The van der Waals surface area contributed by atoms with E-state index >= 15 is 0 Å². The predicted molar refractivity (Wildman–Crippen MR) is 96.7 cm³/mol. The first-order valence-electron chi connectivity index (χ1n) is 7.42. The molecule has 0 aliphatic carbocycles. The van der Waals surface area contributed by atoms with E-state index in [1.807, 2.05) is 37.3 Å². The monoisotopic (exact) mass is 362 g/mol. The van der Waals surface area contributed by atoms with Crippen LogP contribution in [0, 0.1) is 0 Å². The molecule has 1 atom stereocenters. The van der Waals surface area contributed by atoms with Crippen molar-refractivity contribution in [3.8, 4) is 11.6 Å². The van der Waals surface area contributed by atoms with Crippen molar-refractivity contribution in [3.63, 3.8) is 0 Å². The average Bonchev–Trinajstić information content (AvgIpc) is 2.76. The van der Waals surface area contributed by atoms with Gasteiger partial charge < -0.3 is 5.11 Å². The fourth-order valence-corrected chi connectivity index (χ4v) is 3.41. The molecule has 0 saturated heterocycles. The molecule has 0 aliphatic rings. The van der Waals surface area contributed by atoms with Crippen molar-refractivity contribution in [1.29, 1.82) is 0 Å². The summed E-state index contributed by atoms with van der Waals surface area (Å²) in [7, 11) is 1.64. The lowest BCUT2D eigenvalue weighted by molar-refractivity contribution is 0.431. The van der Waals surface area contributed by atoms with Crippen LogP contribution in [-0.2, 0) is 7.05 Å². The van der Waals surface area contributed by atoms with Crippen molar-refractivity contribution in [2.75, 3.05) is 0 Å². The van der Waals surface area contributed by atoms with Crippen LogP contribution >= 0.6 is 23.2 Å². The quantitative estimate of drug-likeness (QED) is 0.753. The molecule has 3 rings (SSSR count). The molecule has 1 aromatic heterocycles. The van der Waals surface area contributed by atoms with Crippen LogP contribution in [0.4, 0.5) is 0 Å². The van der Waals surface area contributed by atoms with E-state index in [1.54, 1.807) is 25.2 Å². The lowest BCUT2D eigenvalue weighted by Gasteiger charge is -2.13. The van der Waals surface area contributed by atoms with Crippen molar-refractivity contribution >= 4 is 23.2 Å². The van der Waals surface area contributed by atoms with Gasteiger partial charge in [0.15, 0.2) is 0 Å². The smallest absolute Gasteiger partial charge is 0.335 e. The molecule has 0 saturated carbocycles. The first-order chi connectivity index (χ1) is 11.4. The van der Waals surface area contributed by atoms with Crippen molar-refractivity contribution in [1.82, 2.24) is 9.13 Å². The largest absolute Gasteiger partial charge is 0.493 e. The van der Waals surface area contributed by atoms with E-state index in [-0.39, 0.29) is 17.5 Å². The van der Waals surface area contributed by atoms with E-state index in [0.717, 1.165) is 5.56 Å². The molecule has 2 aromatic carbocycles. The molecule has 6 heteroatoms. The highest BCUT2D eigenvalue weighted by atomic mass is 35.5. The number of hydrogen-bond donors (Lipinski definition) is 1. The number of benzene rings is 2. The van der Waals surface area contributed by atoms with Crippen LogP contribution in [0.15, 0.2) is 53.3 Å². The molecule has 1 N–H and O–H groups in total. The topological polar surface area (TPSA) is 47.2 Å². The van der Waals surface area contributed by atoms with E-state index in [9.17, 15) is 9.90 Å². The zero-order valence-electron chi connectivity index (χ0n) is 13.2. The second kappa shape index (κ2) is 6.38. The van der Waals surface area contributed by atoms with Crippen molar-refractivity contribution in [3.05, 3.63) is 80.3 Å². The van der Waals surface area contributed by atoms with Gasteiger partial charge in [0.25, 0.3) is 0 Å². The maximum Gasteiger partial charge on any atom is 0.335 e. The first-order valence-corrected chi connectivity index (χ1v) is 8.17. The van der Waals surface area contributed by atoms with Gasteiger partial charge in [-0.3, -0.25) is 4.57 Å². The summed E-state index contributed by atoms with van der Waals surface area (Å²) in [6.07, 6.45) is 0. The second-order valence-electron chi connectivity index (χ2n) is 5.65. The Morgan fingerprint density at radius 3 is 2.21 bits per heavy atom. The fourth-order valence-electron chi connectivity index (χ4n) is 2.89. The molecule has 3 aromatic rings. The Kier molecular flexibility index (Phi) is 4.43. The molecule has 0 spiro atoms. The van der Waals surface area contributed by atoms with Gasteiger partial charge in [-0.15, -0.1) is 0 Å². The summed E-state index contributed by atoms with van der Waals surface area (Å²) in [5.41, 5.74) is 1.60. The van der Waals surface area contributed by atoms with Gasteiger partial charge in [-0.2, -0.15) is 0 Å². The van der Waals surface area contributed by atoms with Gasteiger partial charge in [0.2, 0.25) is 5.88 Å². The van der Waals surface area contributed by atoms with Gasteiger partial charge in [0, 0.05) is 23.0 Å². The SMILES string of the molecule is C[C@@H](c1ccccc1)c1c(O)n(-c2cc(Cl)cc(Cl)c2)c(=O)n1C. The molecule has 1 heterocycles. The van der Waals surface area contributed by atoms with E-state index in [4.69, 9.17) is 23.2 Å². The fraction of sp³-hybridized carbons (Fsp3) is 0.167. The van der Waals surface area contributed by atoms with Gasteiger partial charge >= 0.3 is 5.69 Å². The summed E-state index contributed by atoms with van der Waals surface area (Å²) >= 11 is 12.0. The van der Waals surface area contributed by atoms with Crippen LogP contribution in [0.2, 0.25) is 10.0 Å². The number of rotatable bonds is 3. The minimum atomic E-state index is -0.358. The third-order valence-electron chi connectivity index (χ3n) is 4.10. The Morgan fingerprint density at radius 2 is 1.62 bits per heavy atom. The number of nitrogens with zero attached hydrogens (tertiary/aromatic N) is 2. The molecule has 24 heavy (non-hydrogen) atoms. The lowest BCUT2D eigenvalue weighted by atomic mass is 9.98. The first kappa shape index (κ1) is 16.7. The Morgan fingerprint density at radius 1 is 1.04 bits per heavy atom. The Hall–Kier alpha value is -2.17. The molecule has 0 unspecified atom stereocenters.